The summed E-state index contributed by atoms with van der Waals surface area (Å²) in [7, 11) is 0. The molecule has 84 valence electrons. The maximum Gasteiger partial charge on any atom is 0.250 e. The number of aryl methyl sites for hydroxylation is 1. The van der Waals surface area contributed by atoms with Gasteiger partial charge in [-0.15, -0.1) is 0 Å². The van der Waals surface area contributed by atoms with Gasteiger partial charge in [-0.25, -0.2) is 0 Å². The van der Waals surface area contributed by atoms with Crippen molar-refractivity contribution in [2.75, 3.05) is 5.32 Å². The molecule has 1 atom stereocenters. The molecule has 3 heteroatoms. The fourth-order valence-corrected chi connectivity index (χ4v) is 1.42. The van der Waals surface area contributed by atoms with Crippen LogP contribution in [-0.2, 0) is 6.54 Å². The maximum absolute atomic E-state index is 11.5. The standard InChI is InChI=1S/C12H20N2O/c1-4-8-14-9-11(6-7-12(14)15)13-10(3)5-2/h6-7,9-10,13H,4-5,8H2,1-3H3. The predicted molar refractivity (Wildman–Crippen MR) is 64.4 cm³/mol. The molecule has 0 fully saturated rings. The molecule has 0 spiro atoms. The third kappa shape index (κ3) is 3.42. The third-order valence-electron chi connectivity index (χ3n) is 2.47. The molecule has 1 rings (SSSR count). The van der Waals surface area contributed by atoms with Gasteiger partial charge in [0.1, 0.15) is 0 Å². The fourth-order valence-electron chi connectivity index (χ4n) is 1.42. The van der Waals surface area contributed by atoms with Gasteiger partial charge < -0.3 is 9.88 Å². The monoisotopic (exact) mass is 208 g/mol. The van der Waals surface area contributed by atoms with Crippen molar-refractivity contribution >= 4 is 5.69 Å². The van der Waals surface area contributed by atoms with Gasteiger partial charge in [-0.2, -0.15) is 0 Å². The van der Waals surface area contributed by atoms with Gasteiger partial charge in [0.15, 0.2) is 0 Å². The van der Waals surface area contributed by atoms with Gasteiger partial charge in [0, 0.05) is 24.8 Å². The van der Waals surface area contributed by atoms with Crippen LogP contribution in [-0.4, -0.2) is 10.6 Å². The van der Waals surface area contributed by atoms with Crippen LogP contribution in [0.5, 0.6) is 0 Å². The Hall–Kier alpha value is -1.25. The highest BCUT2D eigenvalue weighted by Crippen LogP contribution is 2.07. The number of pyridine rings is 1. The van der Waals surface area contributed by atoms with E-state index in [1.54, 1.807) is 10.6 Å². The number of anilines is 1. The molecular formula is C12H20N2O. The summed E-state index contributed by atoms with van der Waals surface area (Å²) < 4.78 is 1.75. The molecule has 3 nitrogen and oxygen atoms in total. The summed E-state index contributed by atoms with van der Waals surface area (Å²) in [6, 6.07) is 3.92. The van der Waals surface area contributed by atoms with Crippen LogP contribution in [0.15, 0.2) is 23.1 Å². The first-order valence-electron chi connectivity index (χ1n) is 5.64. The highest BCUT2D eigenvalue weighted by atomic mass is 16.1. The van der Waals surface area contributed by atoms with Crippen molar-refractivity contribution in [3.63, 3.8) is 0 Å². The molecule has 15 heavy (non-hydrogen) atoms. The molecule has 0 saturated carbocycles. The van der Waals surface area contributed by atoms with Crippen molar-refractivity contribution in [3.8, 4) is 0 Å². The summed E-state index contributed by atoms with van der Waals surface area (Å²) in [6.07, 6.45) is 3.96. The van der Waals surface area contributed by atoms with Crippen LogP contribution < -0.4 is 10.9 Å². The van der Waals surface area contributed by atoms with Crippen molar-refractivity contribution in [2.45, 2.75) is 46.2 Å². The molecule has 0 amide bonds. The fraction of sp³-hybridized carbons (Fsp3) is 0.583. The molecule has 0 aliphatic heterocycles. The first-order chi connectivity index (χ1) is 7.17. The Morgan fingerprint density at radius 1 is 1.40 bits per heavy atom. The lowest BCUT2D eigenvalue weighted by molar-refractivity contribution is 0.653. The Morgan fingerprint density at radius 2 is 2.13 bits per heavy atom. The quantitative estimate of drug-likeness (QED) is 0.806. The second-order valence-electron chi connectivity index (χ2n) is 3.90. The number of rotatable bonds is 5. The Morgan fingerprint density at radius 3 is 2.73 bits per heavy atom. The Labute approximate surface area is 91.1 Å². The van der Waals surface area contributed by atoms with Crippen LogP contribution in [0.25, 0.3) is 0 Å². The van der Waals surface area contributed by atoms with E-state index in [0.717, 1.165) is 25.1 Å². The van der Waals surface area contributed by atoms with Crippen LogP contribution >= 0.6 is 0 Å². The topological polar surface area (TPSA) is 34.0 Å². The summed E-state index contributed by atoms with van der Waals surface area (Å²) in [5, 5.41) is 3.36. The lowest BCUT2D eigenvalue weighted by Crippen LogP contribution is -2.21. The van der Waals surface area contributed by atoms with Crippen LogP contribution in [0.1, 0.15) is 33.6 Å². The maximum atomic E-state index is 11.5. The lowest BCUT2D eigenvalue weighted by Gasteiger charge is -2.14. The van der Waals surface area contributed by atoms with Gasteiger partial charge >= 0.3 is 0 Å². The average molecular weight is 208 g/mol. The second kappa shape index (κ2) is 5.59. The molecular weight excluding hydrogens is 188 g/mol. The van der Waals surface area contributed by atoms with Gasteiger partial charge in [-0.3, -0.25) is 4.79 Å². The SMILES string of the molecule is CCCn1cc(NC(C)CC)ccc1=O. The predicted octanol–water partition coefficient (Wildman–Crippen LogP) is 2.47. The normalized spacial score (nSPS) is 12.5. The minimum Gasteiger partial charge on any atom is -0.381 e. The minimum atomic E-state index is 0.0755. The van der Waals surface area contributed by atoms with Crippen LogP contribution in [0.4, 0.5) is 5.69 Å². The molecule has 0 aliphatic rings. The van der Waals surface area contributed by atoms with E-state index < -0.39 is 0 Å². The van der Waals surface area contributed by atoms with E-state index in [1.165, 1.54) is 0 Å². The van der Waals surface area contributed by atoms with E-state index >= 15 is 0 Å². The molecule has 0 bridgehead atoms. The number of aromatic nitrogens is 1. The average Bonchev–Trinajstić information content (AvgIpc) is 2.23. The van der Waals surface area contributed by atoms with Crippen molar-refractivity contribution in [2.24, 2.45) is 0 Å². The molecule has 1 aromatic rings. The van der Waals surface area contributed by atoms with Crippen molar-refractivity contribution in [1.82, 2.24) is 4.57 Å². The Kier molecular flexibility index (Phi) is 4.40. The minimum absolute atomic E-state index is 0.0755. The van der Waals surface area contributed by atoms with Gasteiger partial charge in [0.25, 0.3) is 5.56 Å². The number of nitrogens with zero attached hydrogens (tertiary/aromatic N) is 1. The summed E-state index contributed by atoms with van der Waals surface area (Å²) in [5.41, 5.74) is 1.10. The van der Waals surface area contributed by atoms with Crippen molar-refractivity contribution < 1.29 is 0 Å². The van der Waals surface area contributed by atoms with Gasteiger partial charge in [0.05, 0.1) is 5.69 Å². The summed E-state index contributed by atoms with van der Waals surface area (Å²) >= 11 is 0. The van der Waals surface area contributed by atoms with E-state index in [0.29, 0.717) is 6.04 Å². The largest absolute Gasteiger partial charge is 0.381 e. The molecule has 0 radical (unpaired) electrons. The van der Waals surface area contributed by atoms with Crippen LogP contribution in [0, 0.1) is 0 Å². The number of hydrogen-bond donors (Lipinski definition) is 1. The molecule has 1 N–H and O–H groups in total. The van der Waals surface area contributed by atoms with Crippen LogP contribution in [0.3, 0.4) is 0 Å². The molecule has 1 heterocycles. The summed E-state index contributed by atoms with van der Waals surface area (Å²) in [4.78, 5) is 11.5. The van der Waals surface area contributed by atoms with E-state index in [-0.39, 0.29) is 5.56 Å². The summed E-state index contributed by atoms with van der Waals surface area (Å²) in [5.74, 6) is 0. The first-order valence-corrected chi connectivity index (χ1v) is 5.64. The molecule has 0 aliphatic carbocycles. The molecule has 0 aromatic carbocycles. The summed E-state index contributed by atoms with van der Waals surface area (Å²) in [6.45, 7) is 7.13. The lowest BCUT2D eigenvalue weighted by atomic mass is 10.2. The highest BCUT2D eigenvalue weighted by Gasteiger charge is 2.00. The van der Waals surface area contributed by atoms with Crippen LogP contribution in [0.2, 0.25) is 0 Å². The highest BCUT2D eigenvalue weighted by molar-refractivity contribution is 5.41. The number of nitrogens with one attached hydrogen (secondary N) is 1. The molecule has 1 aromatic heterocycles. The van der Waals surface area contributed by atoms with E-state index in [2.05, 4.69) is 26.1 Å². The van der Waals surface area contributed by atoms with E-state index in [1.807, 2.05) is 12.3 Å². The molecule has 0 saturated heterocycles. The second-order valence-corrected chi connectivity index (χ2v) is 3.90. The zero-order chi connectivity index (χ0) is 11.3. The van der Waals surface area contributed by atoms with Crippen molar-refractivity contribution in [1.29, 1.82) is 0 Å². The smallest absolute Gasteiger partial charge is 0.250 e. The molecule has 1 unspecified atom stereocenters. The Balaban J connectivity index is 2.82. The van der Waals surface area contributed by atoms with Crippen molar-refractivity contribution in [3.05, 3.63) is 28.7 Å². The van der Waals surface area contributed by atoms with E-state index in [9.17, 15) is 4.79 Å². The first kappa shape index (κ1) is 11.8. The van der Waals surface area contributed by atoms with E-state index in [4.69, 9.17) is 0 Å². The number of hydrogen-bond acceptors (Lipinski definition) is 2. The zero-order valence-corrected chi connectivity index (χ0v) is 9.79. The van der Waals surface area contributed by atoms with Gasteiger partial charge in [0.2, 0.25) is 0 Å². The third-order valence-corrected chi connectivity index (χ3v) is 2.47. The zero-order valence-electron chi connectivity index (χ0n) is 9.79. The van der Waals surface area contributed by atoms with Gasteiger partial charge in [-0.05, 0) is 25.8 Å². The van der Waals surface area contributed by atoms with Gasteiger partial charge in [-0.1, -0.05) is 13.8 Å². The Bertz CT molecular complexity index is 357.